The molecule has 0 radical (unpaired) electrons. The average molecular weight is 270 g/mol. The molecular weight excluding hydrogens is 254 g/mol. The summed E-state index contributed by atoms with van der Waals surface area (Å²) in [5.41, 5.74) is 0.703. The summed E-state index contributed by atoms with van der Waals surface area (Å²) in [7, 11) is 0. The van der Waals surface area contributed by atoms with E-state index >= 15 is 0 Å². The molecule has 0 aromatic carbocycles. The summed E-state index contributed by atoms with van der Waals surface area (Å²) in [6.07, 6.45) is 3.57. The molecule has 104 valence electrons. The van der Waals surface area contributed by atoms with Gasteiger partial charge in [-0.05, 0) is 25.2 Å². The smallest absolute Gasteiger partial charge is 0.289 e. The van der Waals surface area contributed by atoms with E-state index in [-0.39, 0.29) is 37.0 Å². The van der Waals surface area contributed by atoms with Crippen LogP contribution >= 0.6 is 0 Å². The summed E-state index contributed by atoms with van der Waals surface area (Å²) in [4.78, 5) is 16.0. The summed E-state index contributed by atoms with van der Waals surface area (Å²) < 4.78 is 31.2. The quantitative estimate of drug-likeness (QED) is 0.915. The summed E-state index contributed by atoms with van der Waals surface area (Å²) in [6.45, 7) is 0.277. The molecule has 1 amide bonds. The fourth-order valence-electron chi connectivity index (χ4n) is 2.61. The highest BCUT2D eigenvalue weighted by atomic mass is 19.3. The highest BCUT2D eigenvalue weighted by Gasteiger charge is 2.39. The van der Waals surface area contributed by atoms with E-state index in [1.54, 1.807) is 0 Å². The average Bonchev–Trinajstić information content (AvgIpc) is 2.98. The molecule has 6 heteroatoms. The number of aromatic nitrogens is 1. The lowest BCUT2D eigenvalue weighted by molar-refractivity contribution is 0.00503. The minimum Gasteiger partial charge on any atom is -0.438 e. The van der Waals surface area contributed by atoms with Gasteiger partial charge in [0, 0.05) is 25.3 Å². The zero-order valence-corrected chi connectivity index (χ0v) is 10.5. The number of hydrogen-bond acceptors (Lipinski definition) is 3. The number of nitrogens with zero attached hydrogens (tertiary/aromatic N) is 1. The highest BCUT2D eigenvalue weighted by molar-refractivity contribution is 5.92. The number of hydrogen-bond donors (Lipinski definition) is 1. The van der Waals surface area contributed by atoms with Crippen molar-refractivity contribution in [3.8, 4) is 0 Å². The van der Waals surface area contributed by atoms with Gasteiger partial charge in [0.25, 0.3) is 5.91 Å². The molecule has 1 heterocycles. The van der Waals surface area contributed by atoms with E-state index in [0.717, 1.165) is 12.8 Å². The van der Waals surface area contributed by atoms with Gasteiger partial charge in [0.2, 0.25) is 11.7 Å². The monoisotopic (exact) mass is 270 g/mol. The Labute approximate surface area is 109 Å². The van der Waals surface area contributed by atoms with Crippen molar-refractivity contribution >= 4 is 5.91 Å². The molecule has 1 aromatic heterocycles. The standard InChI is InChI=1S/C13H16F2N2O2/c14-13(15)4-3-8(5-13)6-16-12(18)11-10(9-1-2-9)17-7-19-11/h7-9H,1-6H2,(H,16,18). The Morgan fingerprint density at radius 3 is 2.89 bits per heavy atom. The van der Waals surface area contributed by atoms with Crippen molar-refractivity contribution in [3.63, 3.8) is 0 Å². The third kappa shape index (κ3) is 2.77. The molecule has 4 nitrogen and oxygen atoms in total. The summed E-state index contributed by atoms with van der Waals surface area (Å²) in [6, 6.07) is 0. The van der Waals surface area contributed by atoms with Crippen LogP contribution < -0.4 is 5.32 Å². The predicted octanol–water partition coefficient (Wildman–Crippen LogP) is 2.72. The molecule has 0 bridgehead atoms. The van der Waals surface area contributed by atoms with Gasteiger partial charge in [0.05, 0.1) is 5.69 Å². The number of carbonyl (C=O) groups is 1. The van der Waals surface area contributed by atoms with Crippen LogP contribution in [-0.4, -0.2) is 23.4 Å². The van der Waals surface area contributed by atoms with Gasteiger partial charge in [-0.15, -0.1) is 0 Å². The molecule has 19 heavy (non-hydrogen) atoms. The molecule has 0 aliphatic heterocycles. The van der Waals surface area contributed by atoms with E-state index in [1.165, 1.54) is 6.39 Å². The molecule has 2 aliphatic rings. The van der Waals surface area contributed by atoms with Crippen molar-refractivity contribution in [2.75, 3.05) is 6.54 Å². The second kappa shape index (κ2) is 4.58. The zero-order valence-electron chi connectivity index (χ0n) is 10.5. The summed E-state index contributed by atoms with van der Waals surface area (Å²) in [5, 5.41) is 2.68. The van der Waals surface area contributed by atoms with Crippen molar-refractivity contribution in [3.05, 3.63) is 17.8 Å². The SMILES string of the molecule is O=C(NCC1CCC(F)(F)C1)c1ocnc1C1CC1. The molecule has 1 aromatic rings. The van der Waals surface area contributed by atoms with Gasteiger partial charge in [-0.2, -0.15) is 0 Å². The van der Waals surface area contributed by atoms with Crippen LogP contribution in [0, 0.1) is 5.92 Å². The van der Waals surface area contributed by atoms with E-state index in [0.29, 0.717) is 18.0 Å². The third-order valence-electron chi connectivity index (χ3n) is 3.82. The maximum absolute atomic E-state index is 13.0. The van der Waals surface area contributed by atoms with Gasteiger partial charge < -0.3 is 9.73 Å². The predicted molar refractivity (Wildman–Crippen MR) is 63.1 cm³/mol. The first kappa shape index (κ1) is 12.6. The van der Waals surface area contributed by atoms with Gasteiger partial charge in [0.15, 0.2) is 6.39 Å². The lowest BCUT2D eigenvalue weighted by Crippen LogP contribution is -2.29. The number of nitrogens with one attached hydrogen (secondary N) is 1. The first-order chi connectivity index (χ1) is 9.05. The normalized spacial score (nSPS) is 25.5. The number of alkyl halides is 2. The van der Waals surface area contributed by atoms with E-state index in [9.17, 15) is 13.6 Å². The van der Waals surface area contributed by atoms with Crippen LogP contribution in [0.2, 0.25) is 0 Å². The summed E-state index contributed by atoms with van der Waals surface area (Å²) >= 11 is 0. The van der Waals surface area contributed by atoms with Gasteiger partial charge in [-0.25, -0.2) is 13.8 Å². The second-order valence-corrected chi connectivity index (χ2v) is 5.52. The van der Waals surface area contributed by atoms with Crippen LogP contribution in [0.25, 0.3) is 0 Å². The van der Waals surface area contributed by atoms with Gasteiger partial charge >= 0.3 is 0 Å². The fraction of sp³-hybridized carbons (Fsp3) is 0.692. The van der Waals surface area contributed by atoms with Gasteiger partial charge in [0.1, 0.15) is 0 Å². The minimum absolute atomic E-state index is 0.0802. The summed E-state index contributed by atoms with van der Waals surface area (Å²) in [5.74, 6) is -2.48. The molecule has 0 spiro atoms. The first-order valence-electron chi connectivity index (χ1n) is 6.64. The minimum atomic E-state index is -2.57. The number of oxazole rings is 1. The lowest BCUT2D eigenvalue weighted by atomic mass is 10.1. The molecule has 1 N–H and O–H groups in total. The maximum atomic E-state index is 13.0. The maximum Gasteiger partial charge on any atom is 0.289 e. The largest absolute Gasteiger partial charge is 0.438 e. The number of rotatable bonds is 4. The fourth-order valence-corrected chi connectivity index (χ4v) is 2.61. The topological polar surface area (TPSA) is 55.1 Å². The molecule has 2 fully saturated rings. The lowest BCUT2D eigenvalue weighted by Gasteiger charge is -2.11. The second-order valence-electron chi connectivity index (χ2n) is 5.52. The molecule has 2 aliphatic carbocycles. The van der Waals surface area contributed by atoms with Crippen LogP contribution in [-0.2, 0) is 0 Å². The van der Waals surface area contributed by atoms with Gasteiger partial charge in [-0.3, -0.25) is 4.79 Å². The van der Waals surface area contributed by atoms with Crippen LogP contribution in [0.5, 0.6) is 0 Å². The van der Waals surface area contributed by atoms with Gasteiger partial charge in [-0.1, -0.05) is 0 Å². The van der Waals surface area contributed by atoms with Crippen molar-refractivity contribution in [2.45, 2.75) is 43.9 Å². The Balaban J connectivity index is 1.55. The molecular formula is C13H16F2N2O2. The Bertz CT molecular complexity index is 483. The van der Waals surface area contributed by atoms with E-state index in [2.05, 4.69) is 10.3 Å². The molecule has 1 unspecified atom stereocenters. The van der Waals surface area contributed by atoms with E-state index < -0.39 is 5.92 Å². The number of carbonyl (C=O) groups excluding carboxylic acids is 1. The number of amides is 1. The molecule has 1 atom stereocenters. The van der Waals surface area contributed by atoms with Crippen LogP contribution in [0.3, 0.4) is 0 Å². The number of halogens is 2. The van der Waals surface area contributed by atoms with Crippen molar-refractivity contribution in [1.82, 2.24) is 10.3 Å². The Morgan fingerprint density at radius 2 is 2.26 bits per heavy atom. The Morgan fingerprint density at radius 1 is 1.47 bits per heavy atom. The van der Waals surface area contributed by atoms with Crippen LogP contribution in [0.1, 0.15) is 54.3 Å². The Hall–Kier alpha value is -1.46. The van der Waals surface area contributed by atoms with Crippen molar-refractivity contribution in [2.24, 2.45) is 5.92 Å². The van der Waals surface area contributed by atoms with Crippen LogP contribution in [0.15, 0.2) is 10.8 Å². The Kier molecular flexibility index (Phi) is 3.03. The first-order valence-corrected chi connectivity index (χ1v) is 6.64. The van der Waals surface area contributed by atoms with Crippen LogP contribution in [0.4, 0.5) is 8.78 Å². The van der Waals surface area contributed by atoms with Crippen molar-refractivity contribution < 1.29 is 18.0 Å². The third-order valence-corrected chi connectivity index (χ3v) is 3.82. The zero-order chi connectivity index (χ0) is 13.5. The van der Waals surface area contributed by atoms with E-state index in [4.69, 9.17) is 4.42 Å². The van der Waals surface area contributed by atoms with Crippen molar-refractivity contribution in [1.29, 1.82) is 0 Å². The molecule has 2 saturated carbocycles. The van der Waals surface area contributed by atoms with E-state index in [1.807, 2.05) is 0 Å². The molecule has 3 rings (SSSR count). The highest BCUT2D eigenvalue weighted by Crippen LogP contribution is 2.41. The molecule has 0 saturated heterocycles.